The molecule has 3 aromatic carbocycles. The van der Waals surface area contributed by atoms with Crippen LogP contribution in [0.4, 0.5) is 0 Å². The Hall–Kier alpha value is -2.82. The highest BCUT2D eigenvalue weighted by Crippen LogP contribution is 2.34. The van der Waals surface area contributed by atoms with Crippen LogP contribution in [0.3, 0.4) is 0 Å². The van der Waals surface area contributed by atoms with E-state index in [0.717, 1.165) is 24.7 Å². The topological polar surface area (TPSA) is 56.4 Å². The van der Waals surface area contributed by atoms with Gasteiger partial charge in [-0.25, -0.2) is 0 Å². The zero-order valence-corrected chi connectivity index (χ0v) is 19.5. The van der Waals surface area contributed by atoms with Crippen molar-refractivity contribution in [2.45, 2.75) is 32.4 Å². The lowest BCUT2D eigenvalue weighted by atomic mass is 9.90. The van der Waals surface area contributed by atoms with Gasteiger partial charge in [-0.2, -0.15) is 0 Å². The van der Waals surface area contributed by atoms with E-state index in [1.807, 2.05) is 17.0 Å². The molecule has 3 aromatic rings. The van der Waals surface area contributed by atoms with Crippen LogP contribution in [0, 0.1) is 5.41 Å². The number of halogens is 1. The van der Waals surface area contributed by atoms with E-state index in [-0.39, 0.29) is 12.0 Å². The molecule has 3 N–H and O–H groups in total. The summed E-state index contributed by atoms with van der Waals surface area (Å²) < 4.78 is 0. The minimum absolute atomic E-state index is 0.134. The highest BCUT2D eigenvalue weighted by atomic mass is 35.5. The Bertz CT molecular complexity index is 1080. The Morgan fingerprint density at radius 3 is 2.31 bits per heavy atom. The second-order valence-corrected chi connectivity index (χ2v) is 9.20. The van der Waals surface area contributed by atoms with Crippen LogP contribution < -0.4 is 5.73 Å². The molecule has 0 aliphatic carbocycles. The maximum Gasteiger partial charge on any atom is 0.188 e. The first-order chi connectivity index (χ1) is 15.4. The van der Waals surface area contributed by atoms with E-state index in [1.165, 1.54) is 27.8 Å². The van der Waals surface area contributed by atoms with Crippen LogP contribution in [0.5, 0.6) is 0 Å². The maximum atomic E-state index is 7.94. The van der Waals surface area contributed by atoms with Crippen molar-refractivity contribution >= 4 is 17.6 Å². The molecule has 0 aromatic heterocycles. The number of nitrogens with zero attached hydrogens (tertiary/aromatic N) is 2. The van der Waals surface area contributed by atoms with E-state index in [4.69, 9.17) is 22.7 Å². The summed E-state index contributed by atoms with van der Waals surface area (Å²) in [4.78, 5) is 4.45. The fourth-order valence-corrected chi connectivity index (χ4v) is 4.74. The van der Waals surface area contributed by atoms with E-state index >= 15 is 0 Å². The highest BCUT2D eigenvalue weighted by Gasteiger charge is 2.29. The fraction of sp³-hybridized carbons (Fsp3) is 0.296. The average molecular weight is 447 g/mol. The summed E-state index contributed by atoms with van der Waals surface area (Å²) in [5.41, 5.74) is 12.3. The van der Waals surface area contributed by atoms with Gasteiger partial charge in [-0.1, -0.05) is 86.1 Å². The predicted octanol–water partition coefficient (Wildman–Crippen LogP) is 5.88. The van der Waals surface area contributed by atoms with Gasteiger partial charge in [-0.15, -0.1) is 0 Å². The molecule has 1 heterocycles. The van der Waals surface area contributed by atoms with E-state index in [0.29, 0.717) is 12.5 Å². The Morgan fingerprint density at radius 1 is 0.969 bits per heavy atom. The first-order valence-corrected chi connectivity index (χ1v) is 11.6. The molecule has 0 spiro atoms. The van der Waals surface area contributed by atoms with Crippen LogP contribution in [0.15, 0.2) is 72.8 Å². The minimum Gasteiger partial charge on any atom is -0.370 e. The van der Waals surface area contributed by atoms with Gasteiger partial charge in [-0.05, 0) is 45.9 Å². The molecular weight excluding hydrogens is 416 g/mol. The van der Waals surface area contributed by atoms with Crippen molar-refractivity contribution in [3.05, 3.63) is 94.5 Å². The number of hydrogen-bond acceptors (Lipinski definition) is 2. The van der Waals surface area contributed by atoms with Gasteiger partial charge in [0.1, 0.15) is 0 Å². The largest absolute Gasteiger partial charge is 0.370 e. The first-order valence-electron chi connectivity index (χ1n) is 11.2. The zero-order valence-electron chi connectivity index (χ0n) is 18.8. The van der Waals surface area contributed by atoms with Gasteiger partial charge < -0.3 is 10.6 Å². The smallest absolute Gasteiger partial charge is 0.188 e. The summed E-state index contributed by atoms with van der Waals surface area (Å²) in [6.07, 6.45) is 0. The molecule has 0 saturated carbocycles. The van der Waals surface area contributed by atoms with Crippen molar-refractivity contribution < 1.29 is 0 Å². The van der Waals surface area contributed by atoms with Crippen molar-refractivity contribution in [2.75, 3.05) is 19.6 Å². The second-order valence-electron chi connectivity index (χ2n) is 8.77. The molecule has 1 aliphatic rings. The van der Waals surface area contributed by atoms with E-state index in [1.54, 1.807) is 0 Å². The quantitative estimate of drug-likeness (QED) is 0.380. The molecule has 1 fully saturated rings. The summed E-state index contributed by atoms with van der Waals surface area (Å²) in [5.74, 6) is 0.593. The second kappa shape index (κ2) is 9.76. The number of rotatable bonds is 5. The molecule has 1 atom stereocenters. The zero-order chi connectivity index (χ0) is 22.7. The molecule has 32 heavy (non-hydrogen) atoms. The Kier molecular flexibility index (Phi) is 6.83. The van der Waals surface area contributed by atoms with Gasteiger partial charge in [0, 0.05) is 31.2 Å². The van der Waals surface area contributed by atoms with Crippen LogP contribution in [-0.4, -0.2) is 35.4 Å². The summed E-state index contributed by atoms with van der Waals surface area (Å²) in [5, 5.41) is 8.67. The molecule has 0 amide bonds. The lowest BCUT2D eigenvalue weighted by Crippen LogP contribution is -2.51. The van der Waals surface area contributed by atoms with E-state index in [9.17, 15) is 0 Å². The van der Waals surface area contributed by atoms with Crippen LogP contribution in [0.1, 0.15) is 42.5 Å². The SMILES string of the molecule is CC(C)c1ccccc1-c1ccccc1CN1CCN(C(=N)N)C[C@@H]1c1ccc(Cl)cc1. The molecular formula is C27H31ClN4. The lowest BCUT2D eigenvalue weighted by Gasteiger charge is -2.42. The molecule has 0 unspecified atom stereocenters. The van der Waals surface area contributed by atoms with E-state index < -0.39 is 0 Å². The van der Waals surface area contributed by atoms with Gasteiger partial charge in [0.25, 0.3) is 0 Å². The first kappa shape index (κ1) is 22.4. The predicted molar refractivity (Wildman–Crippen MR) is 134 cm³/mol. The van der Waals surface area contributed by atoms with Gasteiger partial charge in [0.15, 0.2) is 5.96 Å². The normalized spacial score (nSPS) is 17.0. The van der Waals surface area contributed by atoms with Crippen molar-refractivity contribution in [3.63, 3.8) is 0 Å². The summed E-state index contributed by atoms with van der Waals surface area (Å²) in [6.45, 7) is 7.62. The van der Waals surface area contributed by atoms with Gasteiger partial charge >= 0.3 is 0 Å². The van der Waals surface area contributed by atoms with Gasteiger partial charge in [0.2, 0.25) is 0 Å². The molecule has 5 heteroatoms. The van der Waals surface area contributed by atoms with Crippen LogP contribution in [-0.2, 0) is 6.54 Å². The molecule has 166 valence electrons. The summed E-state index contributed by atoms with van der Waals surface area (Å²) >= 11 is 6.15. The maximum absolute atomic E-state index is 7.94. The molecule has 1 aliphatic heterocycles. The molecule has 4 nitrogen and oxygen atoms in total. The van der Waals surface area contributed by atoms with Crippen molar-refractivity contribution in [3.8, 4) is 11.1 Å². The number of guanidine groups is 1. The lowest BCUT2D eigenvalue weighted by molar-refractivity contribution is 0.104. The van der Waals surface area contributed by atoms with Gasteiger partial charge in [-0.3, -0.25) is 10.3 Å². The monoisotopic (exact) mass is 446 g/mol. The Balaban J connectivity index is 1.69. The standard InChI is InChI=1S/C27H31ClN4/c1-19(2)23-8-5-6-10-25(23)24-9-4-3-7-21(24)17-31-15-16-32(27(29)30)18-26(31)20-11-13-22(28)14-12-20/h3-14,19,26H,15-18H2,1-2H3,(H3,29,30)/t26-/m1/s1. The third kappa shape index (κ3) is 4.82. The number of benzene rings is 3. The molecule has 0 radical (unpaired) electrons. The number of hydrogen-bond donors (Lipinski definition) is 2. The molecule has 0 bridgehead atoms. The van der Waals surface area contributed by atoms with E-state index in [2.05, 4.69) is 79.4 Å². The number of nitrogens with two attached hydrogens (primary N) is 1. The van der Waals surface area contributed by atoms with Gasteiger partial charge in [0.05, 0.1) is 6.04 Å². The Labute approximate surface area is 196 Å². The molecule has 4 rings (SSSR count). The van der Waals surface area contributed by atoms with Crippen molar-refractivity contribution in [1.82, 2.24) is 9.80 Å². The van der Waals surface area contributed by atoms with Crippen LogP contribution in [0.2, 0.25) is 5.02 Å². The van der Waals surface area contributed by atoms with Crippen LogP contribution in [0.25, 0.3) is 11.1 Å². The summed E-state index contributed by atoms with van der Waals surface area (Å²) in [7, 11) is 0. The third-order valence-electron chi connectivity index (χ3n) is 6.35. The number of piperazine rings is 1. The Morgan fingerprint density at radius 2 is 1.62 bits per heavy atom. The fourth-order valence-electron chi connectivity index (χ4n) is 4.62. The molecule has 1 saturated heterocycles. The van der Waals surface area contributed by atoms with Crippen molar-refractivity contribution in [2.24, 2.45) is 5.73 Å². The minimum atomic E-state index is 0.134. The number of nitrogens with one attached hydrogen (secondary N) is 1. The third-order valence-corrected chi connectivity index (χ3v) is 6.60. The van der Waals surface area contributed by atoms with Crippen molar-refractivity contribution in [1.29, 1.82) is 5.41 Å². The highest BCUT2D eigenvalue weighted by molar-refractivity contribution is 6.30. The van der Waals surface area contributed by atoms with Crippen LogP contribution >= 0.6 is 11.6 Å². The average Bonchev–Trinajstić information content (AvgIpc) is 2.80. The summed E-state index contributed by atoms with van der Waals surface area (Å²) in [6, 6.07) is 25.6.